The number of fused-ring (bicyclic) bond motifs is 1. The zero-order valence-electron chi connectivity index (χ0n) is 30.5. The number of alkyl halides is 9. The number of esters is 1. The van der Waals surface area contributed by atoms with Gasteiger partial charge in [-0.25, -0.2) is 4.79 Å². The van der Waals surface area contributed by atoms with Crippen LogP contribution in [-0.4, -0.2) is 57.9 Å². The van der Waals surface area contributed by atoms with Crippen molar-refractivity contribution in [3.63, 3.8) is 0 Å². The molecule has 1 amide bonds. The van der Waals surface area contributed by atoms with E-state index in [-0.39, 0.29) is 60.7 Å². The van der Waals surface area contributed by atoms with Crippen LogP contribution in [0.1, 0.15) is 106 Å². The van der Waals surface area contributed by atoms with Gasteiger partial charge in [-0.1, -0.05) is 6.92 Å². The molecule has 1 fully saturated rings. The van der Waals surface area contributed by atoms with E-state index in [1.54, 1.807) is 34.6 Å². The maximum absolute atomic E-state index is 13.9. The van der Waals surface area contributed by atoms with E-state index in [9.17, 15) is 49.1 Å². The summed E-state index contributed by atoms with van der Waals surface area (Å²) in [5, 5.41) is 6.89. The van der Waals surface area contributed by atoms with Crippen molar-refractivity contribution in [2.75, 3.05) is 23.4 Å². The maximum atomic E-state index is 13.9. The number of nitrogens with one attached hydrogen (secondary N) is 1. The molecule has 4 atom stereocenters. The Morgan fingerprint density at radius 3 is 2.13 bits per heavy atom. The summed E-state index contributed by atoms with van der Waals surface area (Å²) < 4.78 is 141. The number of aromatic nitrogens is 2. The molecule has 0 saturated carbocycles. The topological polar surface area (TPSA) is 110 Å². The number of likely N-dealkylation sites (tertiary alicyclic amines) is 1. The van der Waals surface area contributed by atoms with Gasteiger partial charge in [0.15, 0.2) is 0 Å². The Bertz CT molecular complexity index is 1820. The lowest BCUT2D eigenvalue weighted by Crippen LogP contribution is -2.46. The fraction of sp³-hybridized carbons (Fsp3) is 0.556. The van der Waals surface area contributed by atoms with Crippen LogP contribution in [0.4, 0.5) is 55.9 Å². The highest BCUT2D eigenvalue weighted by molar-refractivity contribution is 5.90. The molecule has 0 aliphatic carbocycles. The lowest BCUT2D eigenvalue weighted by molar-refractivity contribution is -0.161. The van der Waals surface area contributed by atoms with Crippen LogP contribution in [0.5, 0.6) is 0 Å². The van der Waals surface area contributed by atoms with E-state index in [1.807, 2.05) is 0 Å². The van der Waals surface area contributed by atoms with Gasteiger partial charge in [-0.2, -0.15) is 44.5 Å². The summed E-state index contributed by atoms with van der Waals surface area (Å²) in [6, 6.07) is 0.336. The third kappa shape index (κ3) is 9.64. The zero-order chi connectivity index (χ0) is 40.7. The molecule has 5 rings (SSSR count). The molecule has 3 aromatic rings. The van der Waals surface area contributed by atoms with Crippen LogP contribution >= 0.6 is 0 Å². The molecular formula is C36H40F9N5O5. The number of hydrogen-bond donors (Lipinski definition) is 1. The molecule has 3 heterocycles. The Labute approximate surface area is 310 Å². The van der Waals surface area contributed by atoms with E-state index in [0.717, 1.165) is 18.2 Å². The van der Waals surface area contributed by atoms with Gasteiger partial charge in [-0.15, -0.1) is 0 Å². The van der Waals surface area contributed by atoms with Crippen LogP contribution in [-0.2, 0) is 39.2 Å². The van der Waals surface area contributed by atoms with Crippen molar-refractivity contribution in [1.82, 2.24) is 15.0 Å². The summed E-state index contributed by atoms with van der Waals surface area (Å²) >= 11 is 0. The van der Waals surface area contributed by atoms with E-state index >= 15 is 0 Å². The zero-order valence-corrected chi connectivity index (χ0v) is 30.5. The lowest BCUT2D eigenvalue weighted by atomic mass is 9.89. The smallest absolute Gasteiger partial charge is 0.416 e. The quantitative estimate of drug-likeness (QED) is 0.167. The van der Waals surface area contributed by atoms with Gasteiger partial charge >= 0.3 is 30.6 Å². The summed E-state index contributed by atoms with van der Waals surface area (Å²) in [4.78, 5) is 33.5. The molecule has 1 N–H and O–H groups in total. The molecule has 55 heavy (non-hydrogen) atoms. The van der Waals surface area contributed by atoms with Gasteiger partial charge in [0, 0.05) is 6.04 Å². The number of ether oxygens (including phenoxy) is 2. The van der Waals surface area contributed by atoms with Gasteiger partial charge < -0.3 is 19.3 Å². The highest BCUT2D eigenvalue weighted by Gasteiger charge is 2.43. The first-order valence-electron chi connectivity index (χ1n) is 17.5. The summed E-state index contributed by atoms with van der Waals surface area (Å²) in [6.07, 6.45) is -15.2. The van der Waals surface area contributed by atoms with Crippen molar-refractivity contribution in [1.29, 1.82) is 0 Å². The van der Waals surface area contributed by atoms with Crippen LogP contribution < -0.4 is 10.2 Å². The maximum Gasteiger partial charge on any atom is 0.416 e. The molecule has 19 heteroatoms. The molecule has 1 saturated heterocycles. The molecule has 2 aromatic carbocycles. The van der Waals surface area contributed by atoms with E-state index in [2.05, 4.69) is 15.5 Å². The number of benzene rings is 2. The van der Waals surface area contributed by atoms with Crippen LogP contribution in [0.2, 0.25) is 0 Å². The van der Waals surface area contributed by atoms with Gasteiger partial charge in [0.1, 0.15) is 11.6 Å². The van der Waals surface area contributed by atoms with Crippen molar-refractivity contribution < 1.29 is 63.1 Å². The van der Waals surface area contributed by atoms with Crippen molar-refractivity contribution in [3.8, 4) is 0 Å². The highest BCUT2D eigenvalue weighted by atomic mass is 19.4. The highest BCUT2D eigenvalue weighted by Crippen LogP contribution is 2.44. The fourth-order valence-electron chi connectivity index (χ4n) is 6.93. The molecule has 10 nitrogen and oxygen atoms in total. The Hall–Kier alpha value is -4.55. The Balaban J connectivity index is 1.56. The number of carbonyl (C=O) groups is 2. The Kier molecular flexibility index (Phi) is 11.8. The van der Waals surface area contributed by atoms with E-state index in [4.69, 9.17) is 14.0 Å². The Morgan fingerprint density at radius 1 is 0.927 bits per heavy atom. The van der Waals surface area contributed by atoms with Gasteiger partial charge in [0.2, 0.25) is 5.89 Å². The van der Waals surface area contributed by atoms with Crippen molar-refractivity contribution in [3.05, 3.63) is 70.1 Å². The number of carbonyl (C=O) groups excluding carboxylic acids is 2. The summed E-state index contributed by atoms with van der Waals surface area (Å²) in [6.45, 7) is 8.43. The predicted molar refractivity (Wildman–Crippen MR) is 179 cm³/mol. The van der Waals surface area contributed by atoms with Gasteiger partial charge in [-0.3, -0.25) is 14.6 Å². The van der Waals surface area contributed by atoms with Crippen LogP contribution in [0, 0.1) is 0 Å². The van der Waals surface area contributed by atoms with Crippen molar-refractivity contribution in [2.45, 2.75) is 115 Å². The van der Waals surface area contributed by atoms with Crippen LogP contribution in [0.3, 0.4) is 0 Å². The lowest BCUT2D eigenvalue weighted by Gasteiger charge is -2.40. The first-order valence-corrected chi connectivity index (χ1v) is 17.5. The normalized spacial score (nSPS) is 20.3. The van der Waals surface area contributed by atoms with Gasteiger partial charge in [-0.05, 0) is 119 Å². The number of anilines is 2. The second-order valence-electron chi connectivity index (χ2n) is 14.4. The molecule has 0 radical (unpaired) electrons. The number of amides is 1. The molecule has 2 aliphatic rings. The SMILES string of the molecule is CCOC(=O)N1c2ccc(C(F)(F)F)cc2[C@@H](Nc2noc(C(Cc3cc(C(F)(F)F)cc(C(F)(F)F)c3)N3CCC[C@H]3C(=O)OC(C)(C)C)n2)C[C@H]1CC. The molecule has 2 aliphatic heterocycles. The first kappa shape index (κ1) is 41.6. The number of hydrogen-bond acceptors (Lipinski definition) is 9. The third-order valence-corrected chi connectivity index (χ3v) is 9.28. The van der Waals surface area contributed by atoms with Crippen molar-refractivity contribution >= 4 is 23.7 Å². The predicted octanol–water partition coefficient (Wildman–Crippen LogP) is 9.51. The fourth-order valence-corrected chi connectivity index (χ4v) is 6.93. The average molecular weight is 794 g/mol. The van der Waals surface area contributed by atoms with E-state index in [1.165, 1.54) is 9.80 Å². The average Bonchev–Trinajstić information content (AvgIpc) is 3.75. The second-order valence-corrected chi connectivity index (χ2v) is 14.4. The van der Waals surface area contributed by atoms with E-state index < -0.39 is 83.5 Å². The second kappa shape index (κ2) is 15.5. The minimum atomic E-state index is -5.12. The molecule has 1 aromatic heterocycles. The largest absolute Gasteiger partial charge is 0.459 e. The molecule has 0 spiro atoms. The minimum absolute atomic E-state index is 0.00539. The monoisotopic (exact) mass is 793 g/mol. The molecule has 302 valence electrons. The first-order chi connectivity index (χ1) is 25.5. The van der Waals surface area contributed by atoms with Crippen LogP contribution in [0.25, 0.3) is 0 Å². The summed E-state index contributed by atoms with van der Waals surface area (Å²) in [5.74, 6) is -1.23. The van der Waals surface area contributed by atoms with Gasteiger partial charge in [0.05, 0.1) is 41.1 Å². The number of halogens is 9. The molecule has 0 bridgehead atoms. The molecular weight excluding hydrogens is 753 g/mol. The molecule has 1 unspecified atom stereocenters. The van der Waals surface area contributed by atoms with Crippen LogP contribution in [0.15, 0.2) is 40.9 Å². The number of rotatable bonds is 9. The summed E-state index contributed by atoms with van der Waals surface area (Å²) in [5.41, 5.74) is -5.18. The minimum Gasteiger partial charge on any atom is -0.459 e. The Morgan fingerprint density at radius 2 is 1.56 bits per heavy atom. The van der Waals surface area contributed by atoms with Crippen molar-refractivity contribution in [2.24, 2.45) is 0 Å². The standard InChI is InChI=1S/C36H40F9N5O5/c1-6-23-18-25(24-17-20(34(37,38)39)10-11-26(24)50(23)32(52)53-7-2)46-31-47-29(55-48-31)28(49-12-8-9-27(49)30(51)54-33(3,4)5)15-19-13-21(35(40,41)42)16-22(14-19)36(43,44)45/h10-11,13-14,16-17,23,25,27-28H,6-9,12,15,18H2,1-5H3,(H,46,48)/t23-,25+,27+,28?/m1/s1. The van der Waals surface area contributed by atoms with E-state index in [0.29, 0.717) is 25.0 Å². The third-order valence-electron chi connectivity index (χ3n) is 9.28. The number of nitrogens with zero attached hydrogens (tertiary/aromatic N) is 4. The summed E-state index contributed by atoms with van der Waals surface area (Å²) in [7, 11) is 0. The van der Waals surface area contributed by atoms with Gasteiger partial charge in [0.25, 0.3) is 5.95 Å².